The van der Waals surface area contributed by atoms with E-state index >= 15 is 0 Å². The molecule has 0 heterocycles. The van der Waals surface area contributed by atoms with Crippen LogP contribution in [0.1, 0.15) is 18.0 Å². The number of benzene rings is 1. The van der Waals surface area contributed by atoms with Crippen molar-refractivity contribution in [3.8, 4) is 0 Å². The van der Waals surface area contributed by atoms with Crippen LogP contribution in [-0.4, -0.2) is 11.7 Å². The molecule has 0 aromatic heterocycles. The number of halogens is 2. The summed E-state index contributed by atoms with van der Waals surface area (Å²) in [6, 6.07) is 5.33. The Bertz CT molecular complexity index is 293. The second kappa shape index (κ2) is 4.96. The van der Waals surface area contributed by atoms with E-state index in [1.807, 2.05) is 12.1 Å². The average Bonchev–Trinajstić information content (AvgIpc) is 2.09. The number of nitrogens with two attached hydrogens (primary N) is 1. The molecule has 0 radical (unpaired) electrons. The van der Waals surface area contributed by atoms with Crippen LogP contribution in [0.5, 0.6) is 0 Å². The van der Waals surface area contributed by atoms with Crippen molar-refractivity contribution in [1.82, 2.24) is 0 Å². The first kappa shape index (κ1) is 11.0. The van der Waals surface area contributed by atoms with Gasteiger partial charge < -0.3 is 10.8 Å². The first-order chi connectivity index (χ1) is 6.15. The molecular weight excluding hydrogens is 253 g/mol. The van der Waals surface area contributed by atoms with Gasteiger partial charge in [-0.1, -0.05) is 27.5 Å². The van der Waals surface area contributed by atoms with Gasteiger partial charge in [-0.15, -0.1) is 0 Å². The fourth-order valence-corrected chi connectivity index (χ4v) is 1.73. The summed E-state index contributed by atoms with van der Waals surface area (Å²) in [5.41, 5.74) is 6.68. The van der Waals surface area contributed by atoms with Crippen LogP contribution >= 0.6 is 27.5 Å². The molecule has 0 aliphatic heterocycles. The van der Waals surface area contributed by atoms with Crippen LogP contribution in [0.4, 0.5) is 0 Å². The molecule has 0 aliphatic carbocycles. The summed E-state index contributed by atoms with van der Waals surface area (Å²) in [5, 5.41) is 9.37. The van der Waals surface area contributed by atoms with Gasteiger partial charge >= 0.3 is 0 Å². The maximum absolute atomic E-state index is 8.72. The van der Waals surface area contributed by atoms with Crippen molar-refractivity contribution in [2.24, 2.45) is 5.73 Å². The molecule has 0 bridgehead atoms. The first-order valence-electron chi connectivity index (χ1n) is 3.96. The third-order valence-electron chi connectivity index (χ3n) is 1.80. The van der Waals surface area contributed by atoms with Gasteiger partial charge in [-0.2, -0.15) is 0 Å². The summed E-state index contributed by atoms with van der Waals surface area (Å²) in [5.74, 6) is 0. The van der Waals surface area contributed by atoms with Crippen molar-refractivity contribution in [2.75, 3.05) is 6.61 Å². The minimum Gasteiger partial charge on any atom is -0.396 e. The Labute approximate surface area is 90.8 Å². The third kappa shape index (κ3) is 2.95. The van der Waals surface area contributed by atoms with Crippen molar-refractivity contribution in [2.45, 2.75) is 12.5 Å². The molecule has 72 valence electrons. The zero-order valence-corrected chi connectivity index (χ0v) is 9.35. The van der Waals surface area contributed by atoms with Crippen molar-refractivity contribution in [1.29, 1.82) is 0 Å². The van der Waals surface area contributed by atoms with Crippen LogP contribution in [0.15, 0.2) is 22.7 Å². The maximum atomic E-state index is 8.72. The van der Waals surface area contributed by atoms with E-state index in [0.29, 0.717) is 11.4 Å². The quantitative estimate of drug-likeness (QED) is 0.881. The second-order valence-corrected chi connectivity index (χ2v) is 4.11. The third-order valence-corrected chi connectivity index (χ3v) is 2.64. The normalized spacial score (nSPS) is 12.9. The van der Waals surface area contributed by atoms with Crippen LogP contribution in [0, 0.1) is 0 Å². The summed E-state index contributed by atoms with van der Waals surface area (Å²) in [4.78, 5) is 0. The number of aliphatic hydroxyl groups is 1. The lowest BCUT2D eigenvalue weighted by Gasteiger charge is -2.12. The summed E-state index contributed by atoms with van der Waals surface area (Å²) >= 11 is 9.28. The Kier molecular flexibility index (Phi) is 4.19. The van der Waals surface area contributed by atoms with Gasteiger partial charge in [-0.05, 0) is 30.2 Å². The van der Waals surface area contributed by atoms with Gasteiger partial charge in [-0.3, -0.25) is 0 Å². The highest BCUT2D eigenvalue weighted by Crippen LogP contribution is 2.26. The number of hydrogen-bond donors (Lipinski definition) is 2. The summed E-state index contributed by atoms with van der Waals surface area (Å²) < 4.78 is 0.945. The molecule has 0 aliphatic rings. The molecule has 2 nitrogen and oxygen atoms in total. The van der Waals surface area contributed by atoms with E-state index in [0.717, 1.165) is 10.0 Å². The van der Waals surface area contributed by atoms with Gasteiger partial charge in [0.1, 0.15) is 0 Å². The van der Waals surface area contributed by atoms with Gasteiger partial charge in [0.2, 0.25) is 0 Å². The first-order valence-corrected chi connectivity index (χ1v) is 5.13. The van der Waals surface area contributed by atoms with E-state index in [2.05, 4.69) is 15.9 Å². The molecule has 0 fully saturated rings. The molecule has 13 heavy (non-hydrogen) atoms. The van der Waals surface area contributed by atoms with E-state index in [1.165, 1.54) is 0 Å². The van der Waals surface area contributed by atoms with E-state index in [4.69, 9.17) is 22.4 Å². The van der Waals surface area contributed by atoms with Crippen LogP contribution in [0.2, 0.25) is 5.02 Å². The molecule has 4 heteroatoms. The highest BCUT2D eigenvalue weighted by atomic mass is 79.9. The second-order valence-electron chi connectivity index (χ2n) is 2.78. The Morgan fingerprint density at radius 2 is 2.23 bits per heavy atom. The van der Waals surface area contributed by atoms with E-state index in [1.54, 1.807) is 6.07 Å². The van der Waals surface area contributed by atoms with Crippen molar-refractivity contribution in [3.63, 3.8) is 0 Å². The highest BCUT2D eigenvalue weighted by Gasteiger charge is 2.09. The fourth-order valence-electron chi connectivity index (χ4n) is 1.09. The average molecular weight is 265 g/mol. The van der Waals surface area contributed by atoms with Crippen molar-refractivity contribution >= 4 is 27.5 Å². The van der Waals surface area contributed by atoms with Crippen LogP contribution < -0.4 is 5.73 Å². The molecule has 1 rings (SSSR count). The van der Waals surface area contributed by atoms with Gasteiger partial charge in [0.15, 0.2) is 0 Å². The maximum Gasteiger partial charge on any atom is 0.0454 e. The predicted molar refractivity (Wildman–Crippen MR) is 57.8 cm³/mol. The molecule has 1 atom stereocenters. The highest BCUT2D eigenvalue weighted by molar-refractivity contribution is 9.10. The number of aliphatic hydroxyl groups excluding tert-OH is 1. The zero-order valence-electron chi connectivity index (χ0n) is 7.00. The topological polar surface area (TPSA) is 46.2 Å². The molecule has 3 N–H and O–H groups in total. The van der Waals surface area contributed by atoms with Gasteiger partial charge in [-0.25, -0.2) is 0 Å². The largest absolute Gasteiger partial charge is 0.396 e. The van der Waals surface area contributed by atoms with Crippen LogP contribution in [0.3, 0.4) is 0 Å². The van der Waals surface area contributed by atoms with Gasteiger partial charge in [0.25, 0.3) is 0 Å². The number of rotatable bonds is 3. The molecular formula is C9H11BrClNO. The molecule has 0 amide bonds. The minimum atomic E-state index is -0.199. The van der Waals surface area contributed by atoms with E-state index < -0.39 is 0 Å². The van der Waals surface area contributed by atoms with Crippen LogP contribution in [0.25, 0.3) is 0 Å². The monoisotopic (exact) mass is 263 g/mol. The standard InChI is InChI=1S/C9H11BrClNO/c10-6-1-2-8(11)7(5-6)9(12)3-4-13/h1-2,5,9,13H,3-4,12H2/t9-/m1/s1. The zero-order chi connectivity index (χ0) is 9.84. The molecule has 1 aromatic rings. The number of hydrogen-bond acceptors (Lipinski definition) is 2. The van der Waals surface area contributed by atoms with E-state index in [-0.39, 0.29) is 12.6 Å². The van der Waals surface area contributed by atoms with Crippen LogP contribution in [-0.2, 0) is 0 Å². The van der Waals surface area contributed by atoms with Crippen molar-refractivity contribution < 1.29 is 5.11 Å². The van der Waals surface area contributed by atoms with Crippen molar-refractivity contribution in [3.05, 3.63) is 33.3 Å². The van der Waals surface area contributed by atoms with Gasteiger partial charge in [0, 0.05) is 22.1 Å². The summed E-state index contributed by atoms with van der Waals surface area (Å²) in [6.45, 7) is 0.0734. The Balaban J connectivity index is 2.91. The summed E-state index contributed by atoms with van der Waals surface area (Å²) in [7, 11) is 0. The smallest absolute Gasteiger partial charge is 0.0454 e. The SMILES string of the molecule is N[C@H](CCO)c1cc(Br)ccc1Cl. The Morgan fingerprint density at radius 1 is 1.54 bits per heavy atom. The lowest BCUT2D eigenvalue weighted by atomic mass is 10.1. The fraction of sp³-hybridized carbons (Fsp3) is 0.333. The van der Waals surface area contributed by atoms with E-state index in [9.17, 15) is 0 Å². The molecule has 0 saturated carbocycles. The Morgan fingerprint density at radius 3 is 2.85 bits per heavy atom. The van der Waals surface area contributed by atoms with Gasteiger partial charge in [0.05, 0.1) is 0 Å². The Hall–Kier alpha value is -0.0900. The predicted octanol–water partition coefficient (Wildman–Crippen LogP) is 2.48. The minimum absolute atomic E-state index is 0.0734. The molecule has 0 spiro atoms. The lowest BCUT2D eigenvalue weighted by molar-refractivity contribution is 0.276. The molecule has 1 aromatic carbocycles. The summed E-state index contributed by atoms with van der Waals surface area (Å²) in [6.07, 6.45) is 0.524. The molecule has 0 unspecified atom stereocenters. The molecule has 0 saturated heterocycles. The lowest BCUT2D eigenvalue weighted by Crippen LogP contribution is -2.12.